The lowest BCUT2D eigenvalue weighted by molar-refractivity contribution is -0.191. The van der Waals surface area contributed by atoms with Crippen LogP contribution in [0.25, 0.3) is 0 Å². The number of carbonyl (C=O) groups excluding carboxylic acids is 3. The highest BCUT2D eigenvalue weighted by atomic mass is 16.6. The van der Waals surface area contributed by atoms with Crippen molar-refractivity contribution in [2.75, 3.05) is 0 Å². The third kappa shape index (κ3) is 3.40. The highest BCUT2D eigenvalue weighted by Crippen LogP contribution is 2.71. The van der Waals surface area contributed by atoms with Crippen LogP contribution in [0.3, 0.4) is 0 Å². The molecule has 0 aromatic rings. The number of aliphatic hydroxyl groups is 2. The molecular formula is C29H42O7. The molecule has 0 aliphatic heterocycles. The SMILES string of the molecule is CC(=O)OC1=C[C@@H](C)C2[C@@H]([C@H](OC(C)=O)C3[C@H]4C(CC[C@@]32C)[C@@]2(C)CCCCC2C(=O)[C@@H]4O)[C@@]1(C)O. The normalized spacial score (nSPS) is 51.7. The number of Topliss-reactive ketones (excluding diaryl/α,β-unsaturated/α-hetero) is 1. The van der Waals surface area contributed by atoms with E-state index in [-0.39, 0.29) is 57.9 Å². The van der Waals surface area contributed by atoms with Crippen LogP contribution in [0, 0.1) is 52.3 Å². The van der Waals surface area contributed by atoms with Gasteiger partial charge >= 0.3 is 11.9 Å². The highest BCUT2D eigenvalue weighted by molar-refractivity contribution is 5.87. The third-order valence-electron chi connectivity index (χ3n) is 11.3. The molecule has 5 aliphatic rings. The van der Waals surface area contributed by atoms with Crippen LogP contribution in [0.1, 0.15) is 80.1 Å². The first-order valence-electron chi connectivity index (χ1n) is 13.8. The third-order valence-corrected chi connectivity index (χ3v) is 11.3. The van der Waals surface area contributed by atoms with E-state index in [0.29, 0.717) is 0 Å². The zero-order valence-electron chi connectivity index (χ0n) is 22.5. The maximum Gasteiger partial charge on any atom is 0.307 e. The molecule has 0 aromatic heterocycles. The molecule has 0 spiro atoms. The average molecular weight is 503 g/mol. The van der Waals surface area contributed by atoms with Crippen molar-refractivity contribution in [1.82, 2.24) is 0 Å². The van der Waals surface area contributed by atoms with Gasteiger partial charge in [0.2, 0.25) is 0 Å². The Morgan fingerprint density at radius 2 is 1.67 bits per heavy atom. The van der Waals surface area contributed by atoms with Gasteiger partial charge in [0.25, 0.3) is 0 Å². The highest BCUT2D eigenvalue weighted by Gasteiger charge is 2.73. The Hall–Kier alpha value is -1.73. The van der Waals surface area contributed by atoms with Crippen LogP contribution in [-0.4, -0.2) is 45.7 Å². The number of carbonyl (C=O) groups is 3. The number of ether oxygens (including phenoxy) is 2. The minimum atomic E-state index is -1.54. The van der Waals surface area contributed by atoms with E-state index in [1.165, 1.54) is 13.8 Å². The number of ketones is 1. The Bertz CT molecular complexity index is 1000. The molecule has 0 aromatic carbocycles. The molecule has 5 rings (SSSR count). The molecule has 4 saturated carbocycles. The summed E-state index contributed by atoms with van der Waals surface area (Å²) in [5.41, 5.74) is -2.09. The molecular weight excluding hydrogens is 460 g/mol. The van der Waals surface area contributed by atoms with Crippen molar-refractivity contribution in [3.63, 3.8) is 0 Å². The van der Waals surface area contributed by atoms with Crippen LogP contribution >= 0.6 is 0 Å². The number of esters is 2. The van der Waals surface area contributed by atoms with Crippen LogP contribution in [0.2, 0.25) is 0 Å². The van der Waals surface area contributed by atoms with Gasteiger partial charge in [0.05, 0.1) is 0 Å². The molecule has 4 fully saturated rings. The second-order valence-corrected chi connectivity index (χ2v) is 13.2. The van der Waals surface area contributed by atoms with Crippen molar-refractivity contribution in [2.45, 2.75) is 97.9 Å². The molecule has 200 valence electrons. The van der Waals surface area contributed by atoms with Gasteiger partial charge in [-0.2, -0.15) is 0 Å². The molecule has 7 heteroatoms. The molecule has 4 unspecified atom stereocenters. The first-order valence-corrected chi connectivity index (χ1v) is 13.8. The van der Waals surface area contributed by atoms with Crippen LogP contribution in [-0.2, 0) is 23.9 Å². The fourth-order valence-corrected chi connectivity index (χ4v) is 10.1. The summed E-state index contributed by atoms with van der Waals surface area (Å²) >= 11 is 0. The van der Waals surface area contributed by atoms with E-state index in [1.807, 2.05) is 6.08 Å². The van der Waals surface area contributed by atoms with Crippen LogP contribution < -0.4 is 0 Å². The van der Waals surface area contributed by atoms with Gasteiger partial charge in [-0.25, -0.2) is 0 Å². The van der Waals surface area contributed by atoms with Crippen LogP contribution in [0.4, 0.5) is 0 Å². The summed E-state index contributed by atoms with van der Waals surface area (Å²) in [7, 11) is 0. The minimum absolute atomic E-state index is 0.0522. The largest absolute Gasteiger partial charge is 0.462 e. The van der Waals surface area contributed by atoms with Gasteiger partial charge in [0, 0.05) is 37.5 Å². The first kappa shape index (κ1) is 25.9. The van der Waals surface area contributed by atoms with Crippen LogP contribution in [0.15, 0.2) is 11.8 Å². The van der Waals surface area contributed by atoms with E-state index in [0.717, 1.165) is 38.5 Å². The Morgan fingerprint density at radius 1 is 0.972 bits per heavy atom. The molecule has 0 heterocycles. The number of rotatable bonds is 2. The Kier molecular flexibility index (Phi) is 6.03. The smallest absolute Gasteiger partial charge is 0.307 e. The van der Waals surface area contributed by atoms with Gasteiger partial charge in [-0.15, -0.1) is 0 Å². The molecule has 36 heavy (non-hydrogen) atoms. The van der Waals surface area contributed by atoms with E-state index < -0.39 is 35.7 Å². The van der Waals surface area contributed by atoms with Crippen molar-refractivity contribution in [3.05, 3.63) is 11.8 Å². The van der Waals surface area contributed by atoms with E-state index in [4.69, 9.17) is 9.47 Å². The fourth-order valence-electron chi connectivity index (χ4n) is 10.1. The Balaban J connectivity index is 1.65. The van der Waals surface area contributed by atoms with Gasteiger partial charge in [-0.3, -0.25) is 14.4 Å². The van der Waals surface area contributed by atoms with Crippen molar-refractivity contribution in [1.29, 1.82) is 0 Å². The zero-order chi connectivity index (χ0) is 26.4. The summed E-state index contributed by atoms with van der Waals surface area (Å²) in [6.07, 6.45) is 5.72. The summed E-state index contributed by atoms with van der Waals surface area (Å²) in [4.78, 5) is 38.0. The number of hydrogen-bond donors (Lipinski definition) is 2. The molecule has 7 nitrogen and oxygen atoms in total. The topological polar surface area (TPSA) is 110 Å². The molecule has 0 bridgehead atoms. The van der Waals surface area contributed by atoms with Crippen molar-refractivity contribution in [3.8, 4) is 0 Å². The predicted octanol–water partition coefficient (Wildman–Crippen LogP) is 3.80. The summed E-state index contributed by atoms with van der Waals surface area (Å²) in [5, 5.41) is 23.5. The number of hydrogen-bond acceptors (Lipinski definition) is 7. The molecule has 0 saturated heterocycles. The van der Waals surface area contributed by atoms with Gasteiger partial charge < -0.3 is 19.7 Å². The molecule has 5 aliphatic carbocycles. The van der Waals surface area contributed by atoms with Gasteiger partial charge in [0.15, 0.2) is 5.78 Å². The van der Waals surface area contributed by atoms with E-state index in [1.54, 1.807) is 6.92 Å². The van der Waals surface area contributed by atoms with Gasteiger partial charge in [0.1, 0.15) is 23.6 Å². The quantitative estimate of drug-likeness (QED) is 0.553. The first-order chi connectivity index (χ1) is 16.7. The standard InChI is InChI=1S/C29H42O7/c1-14-13-19(35-15(2)30)29(6,34)23-21(14)28(5)12-10-17-20(22(28)26(23)36-16(3)31)25(33)24(32)18-9-7-8-11-27(17,18)4/h13-14,17-18,20-23,25-26,33-34H,7-12H2,1-6H3/t14-,17?,18?,20-,21?,22?,23+,25-,26-,27-,28-,29+/m1/s1. The predicted molar refractivity (Wildman–Crippen MR) is 131 cm³/mol. The lowest BCUT2D eigenvalue weighted by Gasteiger charge is -2.61. The second kappa shape index (κ2) is 8.39. The van der Waals surface area contributed by atoms with E-state index >= 15 is 0 Å². The van der Waals surface area contributed by atoms with Gasteiger partial charge in [-0.05, 0) is 67.3 Å². The summed E-state index contributed by atoms with van der Waals surface area (Å²) in [5.74, 6) is -2.07. The summed E-state index contributed by atoms with van der Waals surface area (Å²) < 4.78 is 11.5. The number of fused-ring (bicyclic) bond motifs is 7. The van der Waals surface area contributed by atoms with E-state index in [2.05, 4.69) is 20.8 Å². The average Bonchev–Trinajstić information content (AvgIpc) is 3.04. The van der Waals surface area contributed by atoms with Crippen LogP contribution in [0.5, 0.6) is 0 Å². The maximum atomic E-state index is 13.6. The molecule has 0 amide bonds. The Morgan fingerprint density at radius 3 is 2.31 bits per heavy atom. The zero-order valence-corrected chi connectivity index (χ0v) is 22.5. The molecule has 0 radical (unpaired) electrons. The number of allylic oxidation sites excluding steroid dienone is 1. The van der Waals surface area contributed by atoms with Crippen molar-refractivity contribution < 1.29 is 34.1 Å². The van der Waals surface area contributed by atoms with E-state index in [9.17, 15) is 24.6 Å². The van der Waals surface area contributed by atoms with Gasteiger partial charge in [-0.1, -0.05) is 33.6 Å². The minimum Gasteiger partial charge on any atom is -0.462 e. The maximum absolute atomic E-state index is 13.6. The lowest BCUT2D eigenvalue weighted by Crippen LogP contribution is -2.63. The monoisotopic (exact) mass is 502 g/mol. The molecule has 2 N–H and O–H groups in total. The van der Waals surface area contributed by atoms with Crippen molar-refractivity contribution in [2.24, 2.45) is 52.3 Å². The summed E-state index contributed by atoms with van der Waals surface area (Å²) in [6, 6.07) is 0. The Labute approximate surface area is 214 Å². The second-order valence-electron chi connectivity index (χ2n) is 13.2. The summed E-state index contributed by atoms with van der Waals surface area (Å²) in [6.45, 7) is 10.8. The lowest BCUT2D eigenvalue weighted by atomic mass is 9.43. The van der Waals surface area contributed by atoms with Crippen molar-refractivity contribution >= 4 is 17.7 Å². The fraction of sp³-hybridized carbons (Fsp3) is 0.828. The number of aliphatic hydroxyl groups excluding tert-OH is 1. The molecule has 12 atom stereocenters.